The Balaban J connectivity index is 1.80. The molecule has 0 saturated carbocycles. The van der Waals surface area contributed by atoms with Crippen LogP contribution < -0.4 is 10.0 Å². The van der Waals surface area contributed by atoms with Gasteiger partial charge < -0.3 is 4.98 Å². The Hall–Kier alpha value is -2.71. The summed E-state index contributed by atoms with van der Waals surface area (Å²) in [5.41, 5.74) is 2.47. The van der Waals surface area contributed by atoms with E-state index in [1.54, 1.807) is 12.1 Å². The third-order valence-electron chi connectivity index (χ3n) is 4.28. The van der Waals surface area contributed by atoms with E-state index in [2.05, 4.69) is 20.0 Å². The van der Waals surface area contributed by atoms with Crippen LogP contribution in [0, 0.1) is 12.8 Å². The molecule has 0 aliphatic heterocycles. The second-order valence-corrected chi connectivity index (χ2v) is 8.92. The number of amides is 1. The van der Waals surface area contributed by atoms with Crippen LogP contribution in [0.25, 0.3) is 11.0 Å². The second kappa shape index (κ2) is 8.12. The number of hydrogen-bond donors (Lipinski definition) is 3. The predicted octanol–water partition coefficient (Wildman–Crippen LogP) is 3.20. The van der Waals surface area contributed by atoms with Crippen LogP contribution in [0.2, 0.25) is 0 Å². The summed E-state index contributed by atoms with van der Waals surface area (Å²) in [6.45, 7) is 5.75. The highest BCUT2D eigenvalue weighted by atomic mass is 32.2. The first kappa shape index (κ1) is 20.0. The number of rotatable bonds is 7. The molecule has 28 heavy (non-hydrogen) atoms. The van der Waals surface area contributed by atoms with Gasteiger partial charge in [-0.3, -0.25) is 10.1 Å². The number of nitrogens with one attached hydrogen (secondary N) is 3. The summed E-state index contributed by atoms with van der Waals surface area (Å²) in [4.78, 5) is 20.2. The van der Waals surface area contributed by atoms with E-state index in [4.69, 9.17) is 0 Å². The summed E-state index contributed by atoms with van der Waals surface area (Å²) in [6, 6.07) is 13.0. The topological polar surface area (TPSA) is 104 Å². The van der Waals surface area contributed by atoms with Crippen molar-refractivity contribution in [3.05, 3.63) is 54.1 Å². The van der Waals surface area contributed by atoms with Gasteiger partial charge in [0.1, 0.15) is 6.04 Å². The first-order valence-corrected chi connectivity index (χ1v) is 10.6. The third kappa shape index (κ3) is 4.76. The number of para-hydroxylation sites is 2. The molecule has 148 valence electrons. The lowest BCUT2D eigenvalue weighted by atomic mass is 10.0. The van der Waals surface area contributed by atoms with Crippen molar-refractivity contribution in [2.75, 3.05) is 5.32 Å². The molecule has 0 bridgehead atoms. The molecule has 0 saturated heterocycles. The zero-order valence-electron chi connectivity index (χ0n) is 16.1. The van der Waals surface area contributed by atoms with Crippen LogP contribution in [-0.4, -0.2) is 30.3 Å². The lowest BCUT2D eigenvalue weighted by Gasteiger charge is -2.19. The van der Waals surface area contributed by atoms with Crippen molar-refractivity contribution in [2.24, 2.45) is 5.92 Å². The Labute approximate surface area is 164 Å². The fourth-order valence-electron chi connectivity index (χ4n) is 2.87. The van der Waals surface area contributed by atoms with Gasteiger partial charge in [0, 0.05) is 0 Å². The Morgan fingerprint density at radius 2 is 1.79 bits per heavy atom. The zero-order chi connectivity index (χ0) is 20.3. The lowest BCUT2D eigenvalue weighted by molar-refractivity contribution is -0.118. The van der Waals surface area contributed by atoms with E-state index >= 15 is 0 Å². The van der Waals surface area contributed by atoms with Crippen LogP contribution in [0.3, 0.4) is 0 Å². The molecular formula is C20H24N4O3S. The Bertz CT molecular complexity index is 1040. The molecule has 0 radical (unpaired) electrons. The van der Waals surface area contributed by atoms with Gasteiger partial charge in [-0.1, -0.05) is 43.7 Å². The number of nitrogens with zero attached hydrogens (tertiary/aromatic N) is 1. The van der Waals surface area contributed by atoms with Gasteiger partial charge in [0.05, 0.1) is 15.9 Å². The van der Waals surface area contributed by atoms with Gasteiger partial charge in [-0.05, 0) is 43.5 Å². The van der Waals surface area contributed by atoms with Gasteiger partial charge in [0.25, 0.3) is 0 Å². The molecule has 1 heterocycles. The number of hydrogen-bond acceptors (Lipinski definition) is 4. The molecule has 2 aromatic carbocycles. The van der Waals surface area contributed by atoms with E-state index in [0.29, 0.717) is 6.42 Å². The van der Waals surface area contributed by atoms with E-state index in [-0.39, 0.29) is 16.8 Å². The van der Waals surface area contributed by atoms with Gasteiger partial charge in [-0.2, -0.15) is 4.72 Å². The Morgan fingerprint density at radius 3 is 2.43 bits per heavy atom. The normalized spacial score (nSPS) is 13.0. The number of H-pyrrole nitrogens is 1. The molecule has 3 rings (SSSR count). The number of fused-ring (bicyclic) bond motifs is 1. The molecule has 7 nitrogen and oxygen atoms in total. The minimum absolute atomic E-state index is 0.118. The summed E-state index contributed by atoms with van der Waals surface area (Å²) in [7, 11) is -3.83. The van der Waals surface area contributed by atoms with Crippen LogP contribution in [0.5, 0.6) is 0 Å². The molecule has 1 atom stereocenters. The first-order valence-electron chi connectivity index (χ1n) is 9.09. The number of benzene rings is 2. The van der Waals surface area contributed by atoms with Crippen molar-refractivity contribution in [1.29, 1.82) is 0 Å². The maximum atomic E-state index is 12.8. The highest BCUT2D eigenvalue weighted by molar-refractivity contribution is 7.89. The lowest BCUT2D eigenvalue weighted by Crippen LogP contribution is -2.44. The smallest absolute Gasteiger partial charge is 0.244 e. The van der Waals surface area contributed by atoms with Crippen LogP contribution in [-0.2, 0) is 14.8 Å². The molecule has 0 spiro atoms. The highest BCUT2D eigenvalue weighted by Crippen LogP contribution is 2.16. The average Bonchev–Trinajstić information content (AvgIpc) is 3.03. The van der Waals surface area contributed by atoms with Gasteiger partial charge >= 0.3 is 0 Å². The predicted molar refractivity (Wildman–Crippen MR) is 109 cm³/mol. The summed E-state index contributed by atoms with van der Waals surface area (Å²) < 4.78 is 28.0. The first-order chi connectivity index (χ1) is 13.2. The fourth-order valence-corrected chi connectivity index (χ4v) is 4.08. The number of aryl methyl sites for hydroxylation is 1. The third-order valence-corrected chi connectivity index (χ3v) is 5.77. The van der Waals surface area contributed by atoms with Gasteiger partial charge in [0.15, 0.2) is 0 Å². The van der Waals surface area contributed by atoms with Crippen LogP contribution in [0.15, 0.2) is 53.4 Å². The average molecular weight is 401 g/mol. The summed E-state index contributed by atoms with van der Waals surface area (Å²) in [5, 5.41) is 2.69. The van der Waals surface area contributed by atoms with Crippen molar-refractivity contribution < 1.29 is 13.2 Å². The SMILES string of the molecule is Cc1ccc(S(=O)(=O)NC(CC(C)C)C(=O)Nc2nc3ccccc3[nH]2)cc1. The number of carbonyl (C=O) groups excluding carboxylic acids is 1. The molecule has 1 amide bonds. The molecule has 3 N–H and O–H groups in total. The van der Waals surface area contributed by atoms with Crippen molar-refractivity contribution >= 4 is 32.9 Å². The standard InChI is InChI=1S/C20H24N4O3S/c1-13(2)12-18(24-28(26,27)15-10-8-14(3)9-11-15)19(25)23-20-21-16-6-4-5-7-17(16)22-20/h4-11,13,18,24H,12H2,1-3H3,(H2,21,22,23,25). The summed E-state index contributed by atoms with van der Waals surface area (Å²) in [5.74, 6) is -0.0509. The molecule has 0 fully saturated rings. The van der Waals surface area contributed by atoms with E-state index in [1.165, 1.54) is 12.1 Å². The summed E-state index contributed by atoms with van der Waals surface area (Å²) in [6.07, 6.45) is 0.358. The van der Waals surface area contributed by atoms with Crippen LogP contribution in [0.4, 0.5) is 5.95 Å². The van der Waals surface area contributed by atoms with Crippen LogP contribution >= 0.6 is 0 Å². The minimum Gasteiger partial charge on any atom is -0.324 e. The van der Waals surface area contributed by atoms with Gasteiger partial charge in [-0.15, -0.1) is 0 Å². The van der Waals surface area contributed by atoms with E-state index in [1.807, 2.05) is 45.0 Å². The van der Waals surface area contributed by atoms with Crippen molar-refractivity contribution in [3.8, 4) is 0 Å². The summed E-state index contributed by atoms with van der Waals surface area (Å²) >= 11 is 0. The molecule has 1 unspecified atom stereocenters. The van der Waals surface area contributed by atoms with Gasteiger partial charge in [-0.25, -0.2) is 13.4 Å². The van der Waals surface area contributed by atoms with Crippen molar-refractivity contribution in [2.45, 2.75) is 38.1 Å². The number of imidazole rings is 1. The van der Waals surface area contributed by atoms with Crippen molar-refractivity contribution in [3.63, 3.8) is 0 Å². The molecule has 0 aliphatic rings. The zero-order valence-corrected chi connectivity index (χ0v) is 16.9. The Kier molecular flexibility index (Phi) is 5.81. The Morgan fingerprint density at radius 1 is 1.11 bits per heavy atom. The molecule has 3 aromatic rings. The molecular weight excluding hydrogens is 376 g/mol. The number of carbonyl (C=O) groups is 1. The van der Waals surface area contributed by atoms with Crippen LogP contribution in [0.1, 0.15) is 25.8 Å². The fraction of sp³-hybridized carbons (Fsp3) is 0.300. The maximum Gasteiger partial charge on any atom is 0.244 e. The largest absolute Gasteiger partial charge is 0.324 e. The number of sulfonamides is 1. The number of anilines is 1. The number of aromatic nitrogens is 2. The molecule has 0 aliphatic carbocycles. The monoisotopic (exact) mass is 400 g/mol. The molecule has 8 heteroatoms. The number of aromatic amines is 1. The molecule has 1 aromatic heterocycles. The second-order valence-electron chi connectivity index (χ2n) is 7.21. The quantitative estimate of drug-likeness (QED) is 0.566. The maximum absolute atomic E-state index is 12.8. The minimum atomic E-state index is -3.83. The van der Waals surface area contributed by atoms with E-state index in [0.717, 1.165) is 16.6 Å². The van der Waals surface area contributed by atoms with Gasteiger partial charge in [0.2, 0.25) is 21.9 Å². The van der Waals surface area contributed by atoms with E-state index in [9.17, 15) is 13.2 Å². The van der Waals surface area contributed by atoms with Crippen molar-refractivity contribution in [1.82, 2.24) is 14.7 Å². The highest BCUT2D eigenvalue weighted by Gasteiger charge is 2.27. The van der Waals surface area contributed by atoms with E-state index < -0.39 is 22.0 Å².